The van der Waals surface area contributed by atoms with Gasteiger partial charge in [-0.15, -0.1) is 0 Å². The number of rotatable bonds is 18. The molecule has 1 N–H and O–H groups in total. The Labute approximate surface area is 291 Å². The van der Waals surface area contributed by atoms with Gasteiger partial charge in [0.15, 0.2) is 6.29 Å². The predicted molar refractivity (Wildman–Crippen MR) is 186 cm³/mol. The molecule has 1 fully saturated rings. The Kier molecular flexibility index (Phi) is 14.2. The highest BCUT2D eigenvalue weighted by atomic mass is 127. The van der Waals surface area contributed by atoms with Gasteiger partial charge >= 0.3 is 0 Å². The second kappa shape index (κ2) is 18.7. The molecule has 4 aromatic rings. The lowest BCUT2D eigenvalue weighted by atomic mass is 9.89. The van der Waals surface area contributed by atoms with Crippen LogP contribution in [-0.2, 0) is 57.9 Å². The summed E-state index contributed by atoms with van der Waals surface area (Å²) in [6.45, 7) is 3.57. The average molecular weight is 755 g/mol. The molecule has 1 aliphatic heterocycles. The van der Waals surface area contributed by atoms with E-state index in [1.807, 2.05) is 151 Å². The van der Waals surface area contributed by atoms with Gasteiger partial charge in [0.1, 0.15) is 47.4 Å². The van der Waals surface area contributed by atoms with Gasteiger partial charge in [-0.3, -0.25) is 3.07 Å². The molecule has 0 spiro atoms. The third-order valence-corrected chi connectivity index (χ3v) is 8.70. The van der Waals surface area contributed by atoms with E-state index in [-0.39, 0.29) is 19.6 Å². The Balaban J connectivity index is 1.50. The summed E-state index contributed by atoms with van der Waals surface area (Å²) in [7, 11) is 0. The predicted octanol–water partition coefficient (Wildman–Crippen LogP) is 7.17. The maximum atomic E-state index is 11.0. The fourth-order valence-electron chi connectivity index (χ4n) is 5.67. The van der Waals surface area contributed by atoms with Crippen LogP contribution in [0.2, 0.25) is 0 Å². The van der Waals surface area contributed by atoms with Crippen molar-refractivity contribution in [3.05, 3.63) is 144 Å². The molecule has 1 heterocycles. The first-order chi connectivity index (χ1) is 23.1. The lowest BCUT2D eigenvalue weighted by molar-refractivity contribution is -0.364. The van der Waals surface area contributed by atoms with Gasteiger partial charge in [0, 0.05) is 6.61 Å². The van der Waals surface area contributed by atoms with Crippen molar-refractivity contribution in [1.29, 1.82) is 0 Å². The van der Waals surface area contributed by atoms with Gasteiger partial charge in [-0.1, -0.05) is 121 Å². The van der Waals surface area contributed by atoms with E-state index >= 15 is 0 Å². The maximum absolute atomic E-state index is 11.0. The minimum absolute atomic E-state index is 0.0327. The van der Waals surface area contributed by atoms with Gasteiger partial charge in [0.25, 0.3) is 0 Å². The molecule has 250 valence electrons. The van der Waals surface area contributed by atoms with Crippen molar-refractivity contribution in [3.8, 4) is 0 Å². The molecule has 5 rings (SSSR count). The fourth-order valence-corrected chi connectivity index (χ4v) is 6.21. The van der Waals surface area contributed by atoms with Crippen molar-refractivity contribution in [2.75, 3.05) is 13.2 Å². The molecular weight excluding hydrogens is 711 g/mol. The van der Waals surface area contributed by atoms with Crippen molar-refractivity contribution in [3.63, 3.8) is 0 Å². The SMILES string of the molecule is CCOC(O)C[C@]1(OI)O[C@H](COCc2ccccc2)[C@H](OCc2ccccc2)[C@H](OCc2ccccc2)[C@H]1OCc1ccccc1. The second-order valence-electron chi connectivity index (χ2n) is 11.4. The Hall–Kier alpha value is -2.71. The number of benzene rings is 4. The van der Waals surface area contributed by atoms with E-state index in [1.54, 1.807) is 0 Å². The summed E-state index contributed by atoms with van der Waals surface area (Å²) < 4.78 is 45.0. The van der Waals surface area contributed by atoms with Crippen molar-refractivity contribution in [2.45, 2.75) is 76.3 Å². The van der Waals surface area contributed by atoms with Gasteiger partial charge in [0.05, 0.1) is 39.5 Å². The van der Waals surface area contributed by atoms with E-state index in [0.29, 0.717) is 26.4 Å². The van der Waals surface area contributed by atoms with E-state index in [0.717, 1.165) is 22.3 Å². The Morgan fingerprint density at radius 1 is 0.660 bits per heavy atom. The zero-order valence-electron chi connectivity index (χ0n) is 26.6. The minimum Gasteiger partial charge on any atom is -0.374 e. The van der Waals surface area contributed by atoms with Crippen LogP contribution in [0.15, 0.2) is 121 Å². The van der Waals surface area contributed by atoms with Crippen molar-refractivity contribution >= 4 is 23.0 Å². The monoisotopic (exact) mass is 754 g/mol. The molecule has 0 amide bonds. The average Bonchev–Trinajstić information content (AvgIpc) is 3.11. The molecule has 0 bridgehead atoms. The number of ether oxygens (including phenoxy) is 6. The Morgan fingerprint density at radius 2 is 1.11 bits per heavy atom. The van der Waals surface area contributed by atoms with E-state index in [4.69, 9.17) is 31.5 Å². The van der Waals surface area contributed by atoms with Crippen molar-refractivity contribution < 1.29 is 36.6 Å². The largest absolute Gasteiger partial charge is 0.374 e. The molecule has 6 atom stereocenters. The zero-order chi connectivity index (χ0) is 32.7. The van der Waals surface area contributed by atoms with Crippen LogP contribution < -0.4 is 0 Å². The standard InChI is InChI=1S/C38H43IO8/c1-2-42-34(40)23-38(47-39)37(45-27-32-21-13-6-14-22-32)36(44-26-31-19-11-5-12-20-31)35(43-25-30-17-9-4-10-18-30)33(46-38)28-41-24-29-15-7-3-8-16-29/h3-22,33-37,40H,2,23-28H2,1H3/t33-,34?,35+,36+,37-,38-/m1/s1. The van der Waals surface area contributed by atoms with Gasteiger partial charge < -0.3 is 33.5 Å². The number of hydrogen-bond acceptors (Lipinski definition) is 8. The number of halogens is 1. The highest BCUT2D eigenvalue weighted by molar-refractivity contribution is 14.1. The topological polar surface area (TPSA) is 84.8 Å². The van der Waals surface area contributed by atoms with Crippen molar-refractivity contribution in [1.82, 2.24) is 0 Å². The summed E-state index contributed by atoms with van der Waals surface area (Å²) in [5.41, 5.74) is 4.01. The number of aliphatic hydroxyl groups excluding tert-OH is 1. The Bertz CT molecular complexity index is 1420. The van der Waals surface area contributed by atoms with Crippen LogP contribution in [0.3, 0.4) is 0 Å². The van der Waals surface area contributed by atoms with E-state index in [1.165, 1.54) is 0 Å². The third kappa shape index (κ3) is 10.4. The third-order valence-electron chi connectivity index (χ3n) is 7.96. The molecule has 0 radical (unpaired) electrons. The normalized spacial score (nSPS) is 23.4. The summed E-state index contributed by atoms with van der Waals surface area (Å²) in [6.07, 6.45) is -4.01. The molecule has 0 aliphatic carbocycles. The number of hydrogen-bond donors (Lipinski definition) is 1. The van der Waals surface area contributed by atoms with Gasteiger partial charge in [-0.2, -0.15) is 0 Å². The van der Waals surface area contributed by atoms with Crippen LogP contribution >= 0.6 is 23.0 Å². The lowest BCUT2D eigenvalue weighted by Gasteiger charge is -2.51. The van der Waals surface area contributed by atoms with Gasteiger partial charge in [-0.25, -0.2) is 0 Å². The molecular formula is C38H43IO8. The molecule has 9 heteroatoms. The van der Waals surface area contributed by atoms with Gasteiger partial charge in [0.2, 0.25) is 5.79 Å². The first-order valence-electron chi connectivity index (χ1n) is 16.0. The van der Waals surface area contributed by atoms with Crippen LogP contribution in [0.25, 0.3) is 0 Å². The van der Waals surface area contributed by atoms with Gasteiger partial charge in [-0.05, 0) is 29.2 Å². The van der Waals surface area contributed by atoms with Crippen LogP contribution in [-0.4, -0.2) is 54.8 Å². The number of aliphatic hydroxyl groups is 1. The highest BCUT2D eigenvalue weighted by Gasteiger charge is 2.58. The maximum Gasteiger partial charge on any atom is 0.213 e. The Morgan fingerprint density at radius 3 is 1.57 bits per heavy atom. The summed E-state index contributed by atoms with van der Waals surface area (Å²) in [5, 5.41) is 11.0. The van der Waals surface area contributed by atoms with Crippen LogP contribution in [0.5, 0.6) is 0 Å². The molecule has 1 aliphatic rings. The molecule has 0 saturated carbocycles. The molecule has 1 saturated heterocycles. The fraction of sp³-hybridized carbons (Fsp3) is 0.368. The van der Waals surface area contributed by atoms with Crippen molar-refractivity contribution in [2.24, 2.45) is 0 Å². The summed E-state index contributed by atoms with van der Waals surface area (Å²) in [5.74, 6) is -1.47. The minimum atomic E-state index is -1.47. The van der Waals surface area contributed by atoms with E-state index in [9.17, 15) is 5.11 Å². The van der Waals surface area contributed by atoms with Crippen LogP contribution in [0, 0.1) is 0 Å². The summed E-state index contributed by atoms with van der Waals surface area (Å²) in [4.78, 5) is 0. The second-order valence-corrected chi connectivity index (χ2v) is 11.8. The van der Waals surface area contributed by atoms with Crippen LogP contribution in [0.4, 0.5) is 0 Å². The summed E-state index contributed by atoms with van der Waals surface area (Å²) in [6, 6.07) is 39.8. The first-order valence-corrected chi connectivity index (χ1v) is 16.8. The zero-order valence-corrected chi connectivity index (χ0v) is 28.7. The molecule has 8 nitrogen and oxygen atoms in total. The molecule has 4 aromatic carbocycles. The smallest absolute Gasteiger partial charge is 0.213 e. The first kappa shape index (κ1) is 35.6. The molecule has 0 aromatic heterocycles. The summed E-state index contributed by atoms with van der Waals surface area (Å²) >= 11 is 1.83. The van der Waals surface area contributed by atoms with Crippen LogP contribution in [0.1, 0.15) is 35.6 Å². The van der Waals surface area contributed by atoms with E-state index in [2.05, 4.69) is 0 Å². The van der Waals surface area contributed by atoms with E-state index < -0.39 is 36.5 Å². The molecule has 47 heavy (non-hydrogen) atoms. The molecule has 1 unspecified atom stereocenters. The highest BCUT2D eigenvalue weighted by Crippen LogP contribution is 2.42. The lowest BCUT2D eigenvalue weighted by Crippen LogP contribution is -2.68. The quantitative estimate of drug-likeness (QED) is 0.0847.